The number of halogens is 5. The largest absolute Gasteiger partial charge is 0.416 e. The minimum atomic E-state index is -4.48. The van der Waals surface area contributed by atoms with Gasteiger partial charge in [-0.1, -0.05) is 19.1 Å². The van der Waals surface area contributed by atoms with Gasteiger partial charge in [-0.2, -0.15) is 22.0 Å². The number of ether oxygens (including phenoxy) is 1. The number of nitrogens with one attached hydrogen (secondary N) is 1. The van der Waals surface area contributed by atoms with Crippen molar-refractivity contribution < 1.29 is 45.0 Å². The summed E-state index contributed by atoms with van der Waals surface area (Å²) in [4.78, 5) is 22.4. The van der Waals surface area contributed by atoms with Crippen LogP contribution in [0.4, 0.5) is 27.6 Å². The lowest BCUT2D eigenvalue weighted by Crippen LogP contribution is -2.34. The summed E-state index contributed by atoms with van der Waals surface area (Å²) < 4.78 is 93.1. The maximum Gasteiger partial charge on any atom is 0.416 e. The second-order valence-corrected chi connectivity index (χ2v) is 12.1. The molecule has 1 fully saturated rings. The molecule has 0 unspecified atom stereocenters. The third-order valence-corrected chi connectivity index (χ3v) is 8.72. The van der Waals surface area contributed by atoms with E-state index in [2.05, 4.69) is 20.0 Å². The molecule has 4 rings (SSSR count). The van der Waals surface area contributed by atoms with Crippen molar-refractivity contribution in [3.63, 3.8) is 0 Å². The topological polar surface area (TPSA) is 122 Å². The van der Waals surface area contributed by atoms with Crippen LogP contribution in [0.5, 0.6) is 0 Å². The fourth-order valence-electron chi connectivity index (χ4n) is 4.84. The zero-order valence-electron chi connectivity index (χ0n) is 22.8. The number of alkyl halides is 5. The zero-order chi connectivity index (χ0) is 31.4. The summed E-state index contributed by atoms with van der Waals surface area (Å²) in [5.74, 6) is -0.990. The van der Waals surface area contributed by atoms with Crippen molar-refractivity contribution in [3.8, 4) is 0 Å². The molecule has 1 aliphatic heterocycles. The van der Waals surface area contributed by atoms with Gasteiger partial charge < -0.3 is 20.1 Å². The number of benzene rings is 2. The van der Waals surface area contributed by atoms with Crippen LogP contribution in [0.25, 0.3) is 0 Å². The third-order valence-electron chi connectivity index (χ3n) is 7.20. The molecule has 3 aromatic rings. The van der Waals surface area contributed by atoms with Gasteiger partial charge in [0.15, 0.2) is 0 Å². The molecule has 1 aliphatic rings. The first-order valence-electron chi connectivity index (χ1n) is 13.2. The van der Waals surface area contributed by atoms with E-state index in [1.54, 1.807) is 12.1 Å². The van der Waals surface area contributed by atoms with Crippen molar-refractivity contribution in [2.45, 2.75) is 49.3 Å². The lowest BCUT2D eigenvalue weighted by Gasteiger charge is -2.27. The van der Waals surface area contributed by atoms with Gasteiger partial charge in [0.2, 0.25) is 15.0 Å². The molecule has 0 saturated carbocycles. The van der Waals surface area contributed by atoms with Crippen LogP contribution in [0.15, 0.2) is 66.1 Å². The van der Waals surface area contributed by atoms with Gasteiger partial charge >= 0.3 is 12.8 Å². The van der Waals surface area contributed by atoms with Gasteiger partial charge in [0.05, 0.1) is 36.6 Å². The van der Waals surface area contributed by atoms with Crippen molar-refractivity contribution in [1.29, 1.82) is 0 Å². The van der Waals surface area contributed by atoms with Gasteiger partial charge in [-0.3, -0.25) is 4.79 Å². The fourth-order valence-corrected chi connectivity index (χ4v) is 5.52. The maximum atomic E-state index is 13.0. The summed E-state index contributed by atoms with van der Waals surface area (Å²) in [5.41, 5.74) is 0.944. The molecule has 9 nitrogen and oxygen atoms in total. The monoisotopic (exact) mass is 628 g/mol. The third kappa shape index (κ3) is 7.83. The molecule has 2 heterocycles. The number of aliphatic hydroxyl groups is 1. The van der Waals surface area contributed by atoms with E-state index in [9.17, 15) is 40.3 Å². The zero-order valence-corrected chi connectivity index (χ0v) is 23.7. The smallest absolute Gasteiger partial charge is 0.394 e. The first-order chi connectivity index (χ1) is 20.3. The molecule has 0 bridgehead atoms. The summed E-state index contributed by atoms with van der Waals surface area (Å²) in [6.07, 6.45) is -1.70. The summed E-state index contributed by atoms with van der Waals surface area (Å²) >= 11 is 0. The number of aliphatic hydroxyl groups excluding tert-OH is 1. The van der Waals surface area contributed by atoms with Crippen molar-refractivity contribution in [2.75, 3.05) is 30.4 Å². The molecule has 3 atom stereocenters. The number of carbonyl (C=O) groups excluding carboxylic acids is 1. The molecule has 1 aromatic heterocycles. The van der Waals surface area contributed by atoms with E-state index in [0.717, 1.165) is 12.1 Å². The number of hydrogen-bond acceptors (Lipinski definition) is 8. The highest BCUT2D eigenvalue weighted by molar-refractivity contribution is 7.91. The Morgan fingerprint density at radius 2 is 1.72 bits per heavy atom. The Hall–Kier alpha value is -3.69. The van der Waals surface area contributed by atoms with Crippen LogP contribution >= 0.6 is 0 Å². The predicted molar refractivity (Wildman–Crippen MR) is 145 cm³/mol. The van der Waals surface area contributed by atoms with Gasteiger partial charge in [0, 0.05) is 41.7 Å². The number of amides is 1. The number of sulfone groups is 1. The standard InChI is InChI=1S/C28H29F5N4O5S/c1-2-43(40,41)27-34-12-20(13-35-27)24(15-38)36-25(39)18-5-9-22(10-6-18)37-14-19(11-23(37)16-42-26(29)30)17-3-7-21(8-4-17)28(31,32)33/h3-10,12-13,19,23-24,26,38H,2,11,14-16H2,1H3,(H,36,39)/t19-,23+,24+/m1/s1. The molecule has 1 amide bonds. The van der Waals surface area contributed by atoms with Crippen LogP contribution < -0.4 is 10.2 Å². The number of aromatic nitrogens is 2. The summed E-state index contributed by atoms with van der Waals surface area (Å²) in [6, 6.07) is 9.55. The maximum absolute atomic E-state index is 13.0. The second kappa shape index (κ2) is 13.3. The van der Waals surface area contributed by atoms with Crippen LogP contribution in [-0.4, -0.2) is 67.6 Å². The summed E-state index contributed by atoms with van der Waals surface area (Å²) in [6.45, 7) is -2.04. The van der Waals surface area contributed by atoms with E-state index in [1.807, 2.05) is 4.90 Å². The lowest BCUT2D eigenvalue weighted by molar-refractivity contribution is -0.137. The fraction of sp³-hybridized carbons (Fsp3) is 0.393. The Balaban J connectivity index is 1.47. The minimum Gasteiger partial charge on any atom is -0.394 e. The van der Waals surface area contributed by atoms with Gasteiger partial charge in [0.1, 0.15) is 0 Å². The molecule has 43 heavy (non-hydrogen) atoms. The van der Waals surface area contributed by atoms with Crippen LogP contribution in [0.2, 0.25) is 0 Å². The highest BCUT2D eigenvalue weighted by Crippen LogP contribution is 2.37. The molecule has 0 spiro atoms. The van der Waals surface area contributed by atoms with Crippen LogP contribution in [0.1, 0.15) is 52.4 Å². The number of carbonyl (C=O) groups is 1. The van der Waals surface area contributed by atoms with E-state index >= 15 is 0 Å². The quantitative estimate of drug-likeness (QED) is 0.238. The molecule has 0 aliphatic carbocycles. The number of hydrogen-bond donors (Lipinski definition) is 2. The number of rotatable bonds is 11. The summed E-state index contributed by atoms with van der Waals surface area (Å²) in [5, 5.41) is 12.1. The Labute approximate surface area is 244 Å². The van der Waals surface area contributed by atoms with Gasteiger partial charge in [-0.25, -0.2) is 18.4 Å². The van der Waals surface area contributed by atoms with E-state index in [0.29, 0.717) is 24.2 Å². The Bertz CT molecular complexity index is 1490. The molecular formula is C28H29F5N4O5S. The van der Waals surface area contributed by atoms with Crippen molar-refractivity contribution >= 4 is 21.4 Å². The van der Waals surface area contributed by atoms with Crippen molar-refractivity contribution in [1.82, 2.24) is 15.3 Å². The highest BCUT2D eigenvalue weighted by atomic mass is 32.2. The van der Waals surface area contributed by atoms with E-state index in [1.165, 1.54) is 43.6 Å². The normalized spacial score (nSPS) is 18.2. The number of nitrogens with zero attached hydrogens (tertiary/aromatic N) is 3. The molecule has 0 radical (unpaired) electrons. The molecule has 2 N–H and O–H groups in total. The Morgan fingerprint density at radius 3 is 2.26 bits per heavy atom. The van der Waals surface area contributed by atoms with E-state index in [-0.39, 0.29) is 34.6 Å². The predicted octanol–water partition coefficient (Wildman–Crippen LogP) is 4.35. The average Bonchev–Trinajstić information content (AvgIpc) is 3.43. The van der Waals surface area contributed by atoms with Crippen molar-refractivity contribution in [3.05, 3.63) is 83.2 Å². The minimum absolute atomic E-state index is 0.185. The molecule has 1 saturated heterocycles. The molecule has 2 aromatic carbocycles. The van der Waals surface area contributed by atoms with Crippen LogP contribution in [0.3, 0.4) is 0 Å². The molecule has 232 valence electrons. The van der Waals surface area contributed by atoms with E-state index < -0.39 is 52.8 Å². The first-order valence-corrected chi connectivity index (χ1v) is 14.9. The lowest BCUT2D eigenvalue weighted by atomic mass is 9.95. The Kier molecular flexibility index (Phi) is 9.97. The highest BCUT2D eigenvalue weighted by Gasteiger charge is 2.35. The second-order valence-electron chi connectivity index (χ2n) is 9.91. The first kappa shape index (κ1) is 32.2. The SMILES string of the molecule is CCS(=O)(=O)c1ncc([C@H](CO)NC(=O)c2ccc(N3C[C@H](c4ccc(C(F)(F)F)cc4)C[C@H]3COC(F)F)cc2)cn1. The van der Waals surface area contributed by atoms with Crippen molar-refractivity contribution in [2.24, 2.45) is 0 Å². The van der Waals surface area contributed by atoms with Gasteiger partial charge in [0.25, 0.3) is 5.91 Å². The summed E-state index contributed by atoms with van der Waals surface area (Å²) in [7, 11) is -3.63. The number of anilines is 1. The Morgan fingerprint density at radius 1 is 1.09 bits per heavy atom. The van der Waals surface area contributed by atoms with Gasteiger partial charge in [-0.15, -0.1) is 0 Å². The van der Waals surface area contributed by atoms with Crippen LogP contribution in [-0.2, 0) is 20.8 Å². The average molecular weight is 629 g/mol. The molecular weight excluding hydrogens is 599 g/mol. The van der Waals surface area contributed by atoms with Crippen LogP contribution in [0, 0.1) is 0 Å². The van der Waals surface area contributed by atoms with Gasteiger partial charge in [-0.05, 0) is 48.4 Å². The molecule has 15 heteroatoms. The van der Waals surface area contributed by atoms with E-state index in [4.69, 9.17) is 0 Å².